The summed E-state index contributed by atoms with van der Waals surface area (Å²) in [5.41, 5.74) is 4.20. The molecule has 0 aliphatic heterocycles. The number of halogens is 4. The molecule has 0 bridgehead atoms. The highest BCUT2D eigenvalue weighted by molar-refractivity contribution is 6.55. The Kier molecular flexibility index (Phi) is 10.5. The van der Waals surface area contributed by atoms with Crippen molar-refractivity contribution in [2.45, 2.75) is 38.5 Å². The number of hydroxylamine groups is 1. The van der Waals surface area contributed by atoms with Crippen LogP contribution in [0.5, 0.6) is 11.5 Å². The predicted molar refractivity (Wildman–Crippen MR) is 112 cm³/mol. The maximum atomic E-state index is 6.23. The van der Waals surface area contributed by atoms with Crippen LogP contribution in [0.15, 0.2) is 34.5 Å². The third-order valence-corrected chi connectivity index (χ3v) is 4.71. The van der Waals surface area contributed by atoms with Crippen molar-refractivity contribution in [2.24, 2.45) is 0 Å². The molecule has 1 N–H and O–H groups in total. The van der Waals surface area contributed by atoms with Gasteiger partial charge in [-0.3, -0.25) is 10.3 Å². The molecule has 0 atom stereocenters. The Balaban J connectivity index is 1.66. The Labute approximate surface area is 180 Å². The first-order chi connectivity index (χ1) is 13.1. The molecule has 8 heteroatoms. The smallest absolute Gasteiger partial charge is 0.156 e. The van der Waals surface area contributed by atoms with E-state index < -0.39 is 0 Å². The minimum Gasteiger partial charge on any atom is -0.490 e. The van der Waals surface area contributed by atoms with Crippen molar-refractivity contribution in [1.82, 2.24) is 5.48 Å². The molecule has 0 fully saturated rings. The van der Waals surface area contributed by atoms with Crippen LogP contribution in [0, 0.1) is 0 Å². The van der Waals surface area contributed by atoms with Crippen molar-refractivity contribution in [3.63, 3.8) is 0 Å². The zero-order valence-electron chi connectivity index (χ0n) is 14.9. The average Bonchev–Trinajstić information content (AvgIpc) is 2.63. The van der Waals surface area contributed by atoms with E-state index in [0.717, 1.165) is 25.7 Å². The van der Waals surface area contributed by atoms with Crippen LogP contribution in [0.3, 0.4) is 0 Å². The van der Waals surface area contributed by atoms with E-state index in [4.69, 9.17) is 60.7 Å². The fourth-order valence-electron chi connectivity index (χ4n) is 2.48. The van der Waals surface area contributed by atoms with Gasteiger partial charge in [-0.15, -0.1) is 0 Å². The number of ether oxygens (including phenoxy) is 2. The topological polar surface area (TPSA) is 39.7 Å². The van der Waals surface area contributed by atoms with E-state index in [0.29, 0.717) is 34.8 Å². The first-order valence-electron chi connectivity index (χ1n) is 8.89. The third kappa shape index (κ3) is 8.84. The van der Waals surface area contributed by atoms with E-state index in [1.54, 1.807) is 12.1 Å². The van der Waals surface area contributed by atoms with Gasteiger partial charge in [0.25, 0.3) is 0 Å². The van der Waals surface area contributed by atoms with Crippen molar-refractivity contribution >= 4 is 46.4 Å². The summed E-state index contributed by atoms with van der Waals surface area (Å²) >= 11 is 23.5. The summed E-state index contributed by atoms with van der Waals surface area (Å²) in [4.78, 5) is 5.48. The van der Waals surface area contributed by atoms with Crippen LogP contribution in [0.1, 0.15) is 38.5 Å². The van der Waals surface area contributed by atoms with Crippen LogP contribution >= 0.6 is 46.4 Å². The minimum absolute atomic E-state index is 0.141. The Morgan fingerprint density at radius 1 is 1.04 bits per heavy atom. The second-order valence-electron chi connectivity index (χ2n) is 6.00. The predicted octanol–water partition coefficient (Wildman–Crippen LogP) is 6.83. The molecule has 150 valence electrons. The summed E-state index contributed by atoms with van der Waals surface area (Å²) in [5, 5.41) is 0.779. The lowest BCUT2D eigenvalue weighted by Crippen LogP contribution is -2.16. The first kappa shape index (κ1) is 22.5. The molecule has 2 rings (SSSR count). The van der Waals surface area contributed by atoms with Crippen LogP contribution in [-0.4, -0.2) is 19.8 Å². The van der Waals surface area contributed by atoms with Gasteiger partial charge in [0.05, 0.1) is 23.3 Å². The lowest BCUT2D eigenvalue weighted by atomic mass is 10.1. The van der Waals surface area contributed by atoms with Gasteiger partial charge in [-0.1, -0.05) is 52.5 Å². The summed E-state index contributed by atoms with van der Waals surface area (Å²) in [7, 11) is 0. The van der Waals surface area contributed by atoms with Crippen LogP contribution in [-0.2, 0) is 4.84 Å². The summed E-state index contributed by atoms with van der Waals surface area (Å²) in [6.45, 7) is 1.34. The van der Waals surface area contributed by atoms with Gasteiger partial charge in [0, 0.05) is 17.8 Å². The molecule has 0 unspecified atom stereocenters. The maximum absolute atomic E-state index is 6.23. The van der Waals surface area contributed by atoms with Crippen molar-refractivity contribution in [1.29, 1.82) is 0 Å². The summed E-state index contributed by atoms with van der Waals surface area (Å²) in [6.07, 6.45) is 10.1. The molecule has 1 aliphatic rings. The molecule has 0 saturated carbocycles. The highest BCUT2D eigenvalue weighted by Crippen LogP contribution is 2.37. The van der Waals surface area contributed by atoms with Crippen molar-refractivity contribution in [2.75, 3.05) is 19.8 Å². The number of benzene rings is 1. The monoisotopic (exact) mass is 453 g/mol. The standard InChI is InChI=1S/C19H23Cl4NO3/c20-16-12-15(25-11-8-18(22)23)13-17(21)19(16)26-9-4-5-10-27-24-14-6-2-1-3-7-14/h6,8,12-13,24H,1-5,7,9-11H2. The molecule has 0 radical (unpaired) electrons. The SMILES string of the molecule is ClC(Cl)=CCOc1cc(Cl)c(OCCCCONC2=CCCCC2)c(Cl)c1. The Morgan fingerprint density at radius 2 is 1.78 bits per heavy atom. The highest BCUT2D eigenvalue weighted by Gasteiger charge is 2.10. The normalized spacial score (nSPS) is 13.7. The molecule has 1 aromatic rings. The van der Waals surface area contributed by atoms with E-state index in [2.05, 4.69) is 11.6 Å². The summed E-state index contributed by atoms with van der Waals surface area (Å²) in [6, 6.07) is 3.29. The third-order valence-electron chi connectivity index (χ3n) is 3.84. The minimum atomic E-state index is 0.141. The van der Waals surface area contributed by atoms with Gasteiger partial charge in [-0.25, -0.2) is 0 Å². The molecule has 4 nitrogen and oxygen atoms in total. The zero-order valence-corrected chi connectivity index (χ0v) is 17.9. The van der Waals surface area contributed by atoms with Crippen LogP contribution in [0.25, 0.3) is 0 Å². The van der Waals surface area contributed by atoms with Crippen molar-refractivity contribution < 1.29 is 14.3 Å². The fourth-order valence-corrected chi connectivity index (χ4v) is 3.19. The van der Waals surface area contributed by atoms with E-state index in [9.17, 15) is 0 Å². The van der Waals surface area contributed by atoms with E-state index in [1.165, 1.54) is 24.6 Å². The molecule has 1 aliphatic carbocycles. The Morgan fingerprint density at radius 3 is 2.44 bits per heavy atom. The second kappa shape index (κ2) is 12.6. The van der Waals surface area contributed by atoms with E-state index in [-0.39, 0.29) is 11.1 Å². The number of hydrogen-bond donors (Lipinski definition) is 1. The number of unbranched alkanes of at least 4 members (excludes halogenated alkanes) is 1. The molecule has 27 heavy (non-hydrogen) atoms. The van der Waals surface area contributed by atoms with Crippen LogP contribution in [0.2, 0.25) is 10.0 Å². The Hall–Kier alpha value is -0.780. The van der Waals surface area contributed by atoms with Crippen LogP contribution < -0.4 is 15.0 Å². The molecule has 0 spiro atoms. The van der Waals surface area contributed by atoms with Gasteiger partial charge in [0.1, 0.15) is 16.8 Å². The lowest BCUT2D eigenvalue weighted by Gasteiger charge is -2.15. The first-order valence-corrected chi connectivity index (χ1v) is 10.4. The van der Waals surface area contributed by atoms with E-state index in [1.807, 2.05) is 0 Å². The van der Waals surface area contributed by atoms with E-state index >= 15 is 0 Å². The average molecular weight is 455 g/mol. The van der Waals surface area contributed by atoms with Gasteiger partial charge < -0.3 is 9.47 Å². The van der Waals surface area contributed by atoms with Gasteiger partial charge in [-0.2, -0.15) is 0 Å². The quantitative estimate of drug-likeness (QED) is 0.293. The highest BCUT2D eigenvalue weighted by atomic mass is 35.5. The van der Waals surface area contributed by atoms with Crippen molar-refractivity contribution in [3.8, 4) is 11.5 Å². The fraction of sp³-hybridized carbons (Fsp3) is 0.474. The molecular formula is C19H23Cl4NO3. The van der Waals surface area contributed by atoms with Gasteiger partial charge in [0.2, 0.25) is 0 Å². The zero-order chi connectivity index (χ0) is 19.5. The summed E-state index contributed by atoms with van der Waals surface area (Å²) in [5.74, 6) is 0.961. The molecular weight excluding hydrogens is 432 g/mol. The van der Waals surface area contributed by atoms with Crippen molar-refractivity contribution in [3.05, 3.63) is 44.5 Å². The Bertz CT molecular complexity index is 637. The van der Waals surface area contributed by atoms with Gasteiger partial charge in [0.15, 0.2) is 5.75 Å². The molecule has 0 heterocycles. The maximum Gasteiger partial charge on any atom is 0.156 e. The number of hydrogen-bond acceptors (Lipinski definition) is 4. The number of rotatable bonds is 11. The lowest BCUT2D eigenvalue weighted by molar-refractivity contribution is 0.0547. The molecule has 0 saturated heterocycles. The van der Waals surface area contributed by atoms with Crippen LogP contribution in [0.4, 0.5) is 0 Å². The second-order valence-corrected chi connectivity index (χ2v) is 7.82. The van der Waals surface area contributed by atoms with Gasteiger partial charge >= 0.3 is 0 Å². The number of nitrogens with one attached hydrogen (secondary N) is 1. The largest absolute Gasteiger partial charge is 0.490 e. The molecule has 0 aromatic heterocycles. The van der Waals surface area contributed by atoms with Gasteiger partial charge in [-0.05, 0) is 44.6 Å². The number of allylic oxidation sites excluding steroid dienone is 2. The molecule has 1 aromatic carbocycles. The summed E-state index contributed by atoms with van der Waals surface area (Å²) < 4.78 is 11.3. The molecule has 0 amide bonds.